The zero-order valence-electron chi connectivity index (χ0n) is 9.42. The molecule has 1 aliphatic rings. The molecule has 1 aromatic carbocycles. The third kappa shape index (κ3) is 2.80. The maximum absolute atomic E-state index is 13.4. The van der Waals surface area contributed by atoms with Crippen LogP contribution in [0.4, 0.5) is 8.78 Å². The maximum Gasteiger partial charge on any atom is 0.130 e. The predicted octanol–water partition coefficient (Wildman–Crippen LogP) is 2.75. The Morgan fingerprint density at radius 1 is 1.35 bits per heavy atom. The first-order chi connectivity index (χ1) is 8.20. The normalized spacial score (nSPS) is 23.6. The number of nitrogens with zero attached hydrogens (tertiary/aromatic N) is 1. The molecule has 2 rings (SSSR count). The third-order valence-electron chi connectivity index (χ3n) is 3.25. The van der Waals surface area contributed by atoms with E-state index in [2.05, 4.69) is 11.4 Å². The van der Waals surface area contributed by atoms with E-state index >= 15 is 0 Å². The zero-order valence-corrected chi connectivity index (χ0v) is 9.42. The fraction of sp³-hybridized carbons (Fsp3) is 0.462. The molecule has 0 spiro atoms. The van der Waals surface area contributed by atoms with Gasteiger partial charge in [-0.15, -0.1) is 0 Å². The number of hydrogen-bond acceptors (Lipinski definition) is 2. The average molecular weight is 236 g/mol. The topological polar surface area (TPSA) is 35.8 Å². The number of nitrogens with one attached hydrogen (secondary N) is 1. The Labute approximate surface area is 99.3 Å². The molecule has 4 heteroatoms. The molecule has 2 unspecified atom stereocenters. The summed E-state index contributed by atoms with van der Waals surface area (Å²) in [6.07, 6.45) is 2.88. The van der Waals surface area contributed by atoms with Crippen molar-refractivity contribution >= 4 is 0 Å². The lowest BCUT2D eigenvalue weighted by Crippen LogP contribution is -2.31. The van der Waals surface area contributed by atoms with Gasteiger partial charge in [0.15, 0.2) is 0 Å². The van der Waals surface area contributed by atoms with Crippen molar-refractivity contribution in [3.05, 3.63) is 35.4 Å². The first-order valence-corrected chi connectivity index (χ1v) is 5.77. The van der Waals surface area contributed by atoms with Crippen LogP contribution in [0.25, 0.3) is 0 Å². The van der Waals surface area contributed by atoms with Gasteiger partial charge in [0, 0.05) is 24.2 Å². The van der Waals surface area contributed by atoms with Gasteiger partial charge in [-0.25, -0.2) is 8.78 Å². The van der Waals surface area contributed by atoms with Crippen LogP contribution in [0.5, 0.6) is 0 Å². The van der Waals surface area contributed by atoms with Crippen molar-refractivity contribution in [3.8, 4) is 6.07 Å². The van der Waals surface area contributed by atoms with Crippen LogP contribution in [-0.2, 0) is 6.54 Å². The molecule has 0 amide bonds. The minimum Gasteiger partial charge on any atom is -0.309 e. The lowest BCUT2D eigenvalue weighted by atomic mass is 10.1. The summed E-state index contributed by atoms with van der Waals surface area (Å²) in [6.45, 7) is 0.342. The van der Waals surface area contributed by atoms with E-state index < -0.39 is 11.6 Å². The van der Waals surface area contributed by atoms with E-state index in [9.17, 15) is 8.78 Å². The number of rotatable bonds is 3. The molecule has 1 N–H and O–H groups in total. The highest BCUT2D eigenvalue weighted by Gasteiger charge is 2.26. The van der Waals surface area contributed by atoms with Gasteiger partial charge in [0.05, 0.1) is 12.0 Å². The van der Waals surface area contributed by atoms with Crippen LogP contribution in [0.15, 0.2) is 18.2 Å². The molecule has 0 heterocycles. The molecule has 2 atom stereocenters. The van der Waals surface area contributed by atoms with Crippen LogP contribution in [0.3, 0.4) is 0 Å². The standard InChI is InChI=1S/C13H14F2N2/c14-11-5-4-10(12(15)6-11)8-17-13-3-1-2-9(13)7-16/h4-6,9,13,17H,1-3,8H2. The average Bonchev–Trinajstić information content (AvgIpc) is 2.75. The van der Waals surface area contributed by atoms with Gasteiger partial charge in [0.2, 0.25) is 0 Å². The molecule has 0 bridgehead atoms. The van der Waals surface area contributed by atoms with E-state index in [1.807, 2.05) is 0 Å². The summed E-state index contributed by atoms with van der Waals surface area (Å²) in [5.74, 6) is -1.09. The summed E-state index contributed by atoms with van der Waals surface area (Å²) >= 11 is 0. The Bertz CT molecular complexity index is 440. The second-order valence-corrected chi connectivity index (χ2v) is 4.39. The quantitative estimate of drug-likeness (QED) is 0.875. The highest BCUT2D eigenvalue weighted by molar-refractivity contribution is 5.18. The van der Waals surface area contributed by atoms with Gasteiger partial charge in [0.1, 0.15) is 11.6 Å². The van der Waals surface area contributed by atoms with Crippen LogP contribution < -0.4 is 5.32 Å². The number of nitriles is 1. The van der Waals surface area contributed by atoms with Crippen molar-refractivity contribution in [1.29, 1.82) is 5.26 Å². The molecule has 90 valence electrons. The lowest BCUT2D eigenvalue weighted by Gasteiger charge is -2.15. The van der Waals surface area contributed by atoms with Gasteiger partial charge in [0.25, 0.3) is 0 Å². The van der Waals surface area contributed by atoms with E-state index in [1.54, 1.807) is 0 Å². The first-order valence-electron chi connectivity index (χ1n) is 5.77. The van der Waals surface area contributed by atoms with E-state index in [0.29, 0.717) is 12.1 Å². The molecular weight excluding hydrogens is 222 g/mol. The van der Waals surface area contributed by atoms with Crippen LogP contribution in [-0.4, -0.2) is 6.04 Å². The summed E-state index contributed by atoms with van der Waals surface area (Å²) in [5.41, 5.74) is 0.440. The molecule has 0 radical (unpaired) electrons. The maximum atomic E-state index is 13.4. The monoisotopic (exact) mass is 236 g/mol. The van der Waals surface area contributed by atoms with Crippen LogP contribution in [0.2, 0.25) is 0 Å². The SMILES string of the molecule is N#CC1CCCC1NCc1ccc(F)cc1F. The summed E-state index contributed by atoms with van der Waals surface area (Å²) in [4.78, 5) is 0. The zero-order chi connectivity index (χ0) is 12.3. The van der Waals surface area contributed by atoms with Crippen LogP contribution in [0, 0.1) is 28.9 Å². The molecule has 2 nitrogen and oxygen atoms in total. The minimum absolute atomic E-state index is 0.0125. The Morgan fingerprint density at radius 3 is 2.88 bits per heavy atom. The van der Waals surface area contributed by atoms with Crippen molar-refractivity contribution < 1.29 is 8.78 Å². The van der Waals surface area contributed by atoms with Gasteiger partial charge >= 0.3 is 0 Å². The Morgan fingerprint density at radius 2 is 2.18 bits per heavy atom. The smallest absolute Gasteiger partial charge is 0.130 e. The number of halogens is 2. The van der Waals surface area contributed by atoms with Crippen molar-refractivity contribution in [3.63, 3.8) is 0 Å². The van der Waals surface area contributed by atoms with Crippen LogP contribution in [0.1, 0.15) is 24.8 Å². The van der Waals surface area contributed by atoms with Crippen molar-refractivity contribution in [2.24, 2.45) is 5.92 Å². The van der Waals surface area contributed by atoms with Gasteiger partial charge < -0.3 is 5.32 Å². The lowest BCUT2D eigenvalue weighted by molar-refractivity contribution is 0.456. The summed E-state index contributed by atoms with van der Waals surface area (Å²) in [5, 5.41) is 12.1. The molecule has 17 heavy (non-hydrogen) atoms. The van der Waals surface area contributed by atoms with Gasteiger partial charge in [-0.2, -0.15) is 5.26 Å². The summed E-state index contributed by atoms with van der Waals surface area (Å²) in [7, 11) is 0. The summed E-state index contributed by atoms with van der Waals surface area (Å²) < 4.78 is 26.1. The van der Waals surface area contributed by atoms with E-state index in [-0.39, 0.29) is 12.0 Å². The largest absolute Gasteiger partial charge is 0.309 e. The molecule has 1 fully saturated rings. The fourth-order valence-electron chi connectivity index (χ4n) is 2.26. The predicted molar refractivity (Wildman–Crippen MR) is 59.9 cm³/mol. The summed E-state index contributed by atoms with van der Waals surface area (Å²) in [6, 6.07) is 5.95. The minimum atomic E-state index is -0.568. The second-order valence-electron chi connectivity index (χ2n) is 4.39. The number of benzene rings is 1. The highest BCUT2D eigenvalue weighted by Crippen LogP contribution is 2.25. The van der Waals surface area contributed by atoms with Crippen molar-refractivity contribution in [2.75, 3.05) is 0 Å². The Hall–Kier alpha value is -1.47. The molecule has 1 aromatic rings. The van der Waals surface area contributed by atoms with Crippen molar-refractivity contribution in [2.45, 2.75) is 31.8 Å². The van der Waals surface area contributed by atoms with Crippen LogP contribution >= 0.6 is 0 Å². The van der Waals surface area contributed by atoms with Gasteiger partial charge in [-0.1, -0.05) is 12.5 Å². The van der Waals surface area contributed by atoms with Crippen molar-refractivity contribution in [1.82, 2.24) is 5.32 Å². The fourth-order valence-corrected chi connectivity index (χ4v) is 2.26. The van der Waals surface area contributed by atoms with E-state index in [0.717, 1.165) is 25.3 Å². The van der Waals surface area contributed by atoms with E-state index in [1.165, 1.54) is 12.1 Å². The molecule has 0 saturated heterocycles. The molecule has 0 aromatic heterocycles. The molecular formula is C13H14F2N2. The molecule has 1 saturated carbocycles. The Balaban J connectivity index is 1.96. The Kier molecular flexibility index (Phi) is 3.70. The van der Waals surface area contributed by atoms with E-state index in [4.69, 9.17) is 5.26 Å². The molecule has 1 aliphatic carbocycles. The first kappa shape index (κ1) is 12.0. The van der Waals surface area contributed by atoms with Gasteiger partial charge in [-0.3, -0.25) is 0 Å². The molecule has 0 aliphatic heterocycles. The number of hydrogen-bond donors (Lipinski definition) is 1. The van der Waals surface area contributed by atoms with Gasteiger partial charge in [-0.05, 0) is 18.9 Å². The third-order valence-corrected chi connectivity index (χ3v) is 3.25. The second kappa shape index (κ2) is 5.24. The highest BCUT2D eigenvalue weighted by atomic mass is 19.1.